The van der Waals surface area contributed by atoms with Gasteiger partial charge >= 0.3 is 0 Å². The number of nitrogens with one attached hydrogen (secondary N) is 1. The molecule has 11 nitrogen and oxygen atoms in total. The molecule has 0 aliphatic heterocycles. The number of imidazole rings is 1. The number of carbonyl (C=O) groups is 1. The Bertz CT molecular complexity index is 1940. The van der Waals surface area contributed by atoms with Gasteiger partial charge < -0.3 is 9.88 Å². The van der Waals surface area contributed by atoms with Crippen molar-refractivity contribution in [1.29, 1.82) is 5.26 Å². The number of nitriles is 1. The highest BCUT2D eigenvalue weighted by atomic mass is 32.2. The summed E-state index contributed by atoms with van der Waals surface area (Å²) in [5.41, 5.74) is 2.59. The van der Waals surface area contributed by atoms with Crippen molar-refractivity contribution in [3.05, 3.63) is 61.2 Å². The van der Waals surface area contributed by atoms with Crippen LogP contribution in [0.15, 0.2) is 66.1 Å². The molecular formula is C30H30N8O3S. The van der Waals surface area contributed by atoms with E-state index >= 15 is 0 Å². The first-order valence-corrected chi connectivity index (χ1v) is 15.7. The zero-order valence-corrected chi connectivity index (χ0v) is 23.7. The molecule has 1 amide bonds. The summed E-state index contributed by atoms with van der Waals surface area (Å²) in [5, 5.41) is 17.4. The molecule has 2 aliphatic carbocycles. The van der Waals surface area contributed by atoms with Crippen LogP contribution in [0.5, 0.6) is 0 Å². The Labute approximate surface area is 242 Å². The van der Waals surface area contributed by atoms with E-state index in [1.165, 1.54) is 3.97 Å². The van der Waals surface area contributed by atoms with Crippen molar-refractivity contribution in [2.75, 3.05) is 0 Å². The van der Waals surface area contributed by atoms with Gasteiger partial charge in [-0.2, -0.15) is 10.4 Å². The van der Waals surface area contributed by atoms with Gasteiger partial charge in [0.1, 0.15) is 17.9 Å². The molecule has 7 rings (SSSR count). The topological polar surface area (TPSA) is 140 Å². The first-order valence-electron chi connectivity index (χ1n) is 14.3. The SMILES string of the molecule is N#CC[C@H]1CC[C@H](n2c(-c3cnn(CC(=O)NC4CC4)c3)nc3cnc4c(ccn4S(=O)(=O)c4ccccc4)c32)CC1. The fraction of sp³-hybridized carbons (Fsp3) is 0.367. The van der Waals surface area contributed by atoms with Crippen LogP contribution in [0.1, 0.15) is 51.0 Å². The summed E-state index contributed by atoms with van der Waals surface area (Å²) in [7, 11) is -3.86. The van der Waals surface area contributed by atoms with E-state index in [4.69, 9.17) is 4.98 Å². The molecule has 5 aromatic rings. The zero-order valence-electron chi connectivity index (χ0n) is 22.9. The molecule has 214 valence electrons. The van der Waals surface area contributed by atoms with Crippen LogP contribution in [0.2, 0.25) is 0 Å². The molecule has 42 heavy (non-hydrogen) atoms. The smallest absolute Gasteiger partial charge is 0.269 e. The zero-order chi connectivity index (χ0) is 28.8. The third-order valence-corrected chi connectivity index (χ3v) is 10.0. The summed E-state index contributed by atoms with van der Waals surface area (Å²) in [6.07, 6.45) is 12.9. The second-order valence-corrected chi connectivity index (χ2v) is 13.1. The van der Waals surface area contributed by atoms with Crippen molar-refractivity contribution in [2.24, 2.45) is 5.92 Å². The van der Waals surface area contributed by atoms with Crippen molar-refractivity contribution < 1.29 is 13.2 Å². The fourth-order valence-electron chi connectivity index (χ4n) is 6.06. The molecular weight excluding hydrogens is 552 g/mol. The van der Waals surface area contributed by atoms with Crippen LogP contribution in [0.4, 0.5) is 0 Å². The Morgan fingerprint density at radius 2 is 1.83 bits per heavy atom. The third kappa shape index (κ3) is 4.73. The van der Waals surface area contributed by atoms with Gasteiger partial charge in [-0.15, -0.1) is 0 Å². The highest BCUT2D eigenvalue weighted by Gasteiger charge is 2.29. The lowest BCUT2D eigenvalue weighted by Gasteiger charge is -2.29. The van der Waals surface area contributed by atoms with Crippen molar-refractivity contribution >= 4 is 38.0 Å². The van der Waals surface area contributed by atoms with Crippen LogP contribution in [-0.2, 0) is 21.4 Å². The van der Waals surface area contributed by atoms with Crippen LogP contribution in [0.25, 0.3) is 33.5 Å². The van der Waals surface area contributed by atoms with Gasteiger partial charge in [-0.05, 0) is 62.6 Å². The lowest BCUT2D eigenvalue weighted by atomic mass is 9.84. The number of hydrogen-bond acceptors (Lipinski definition) is 7. The van der Waals surface area contributed by atoms with Gasteiger partial charge in [0.2, 0.25) is 5.91 Å². The van der Waals surface area contributed by atoms with E-state index in [-0.39, 0.29) is 29.4 Å². The predicted molar refractivity (Wildman–Crippen MR) is 156 cm³/mol. The molecule has 0 spiro atoms. The Kier molecular flexibility index (Phi) is 6.54. The summed E-state index contributed by atoms with van der Waals surface area (Å²) in [5.74, 6) is 1.01. The van der Waals surface area contributed by atoms with Crippen LogP contribution in [0.3, 0.4) is 0 Å². The predicted octanol–water partition coefficient (Wildman–Crippen LogP) is 4.41. The Hall–Kier alpha value is -4.50. The molecule has 1 aromatic carbocycles. The Morgan fingerprint density at radius 1 is 1.05 bits per heavy atom. The summed E-state index contributed by atoms with van der Waals surface area (Å²) < 4.78 is 32.2. The van der Waals surface area contributed by atoms with E-state index in [1.54, 1.807) is 59.7 Å². The molecule has 0 unspecified atom stereocenters. The van der Waals surface area contributed by atoms with Gasteiger partial charge in [0, 0.05) is 36.3 Å². The van der Waals surface area contributed by atoms with E-state index in [2.05, 4.69) is 26.0 Å². The Morgan fingerprint density at radius 3 is 2.57 bits per heavy atom. The quantitative estimate of drug-likeness (QED) is 0.286. The maximum Gasteiger partial charge on any atom is 0.269 e. The highest BCUT2D eigenvalue weighted by molar-refractivity contribution is 7.90. The summed E-state index contributed by atoms with van der Waals surface area (Å²) in [6.45, 7) is 0.127. The largest absolute Gasteiger partial charge is 0.352 e. The van der Waals surface area contributed by atoms with Crippen molar-refractivity contribution in [2.45, 2.75) is 68.5 Å². The highest BCUT2D eigenvalue weighted by Crippen LogP contribution is 2.40. The average Bonchev–Trinajstić information content (AvgIpc) is 3.35. The molecule has 2 aliphatic rings. The Balaban J connectivity index is 1.33. The van der Waals surface area contributed by atoms with Gasteiger partial charge in [0.15, 0.2) is 5.65 Å². The molecule has 12 heteroatoms. The van der Waals surface area contributed by atoms with Gasteiger partial charge in [-0.25, -0.2) is 22.4 Å². The molecule has 0 bridgehead atoms. The lowest BCUT2D eigenvalue weighted by Crippen LogP contribution is -2.29. The van der Waals surface area contributed by atoms with Crippen LogP contribution >= 0.6 is 0 Å². The molecule has 4 aromatic heterocycles. The van der Waals surface area contributed by atoms with E-state index in [0.717, 1.165) is 49.6 Å². The first-order chi connectivity index (χ1) is 20.4. The number of carbonyl (C=O) groups excluding carboxylic acids is 1. The number of nitrogens with zero attached hydrogens (tertiary/aromatic N) is 7. The number of hydrogen-bond donors (Lipinski definition) is 1. The fourth-order valence-corrected chi connectivity index (χ4v) is 7.38. The summed E-state index contributed by atoms with van der Waals surface area (Å²) in [4.78, 5) is 22.1. The summed E-state index contributed by atoms with van der Waals surface area (Å²) in [6, 6.07) is 12.8. The second kappa shape index (κ2) is 10.4. The molecule has 4 heterocycles. The van der Waals surface area contributed by atoms with Gasteiger partial charge in [0.05, 0.1) is 34.4 Å². The molecule has 1 N–H and O–H groups in total. The van der Waals surface area contributed by atoms with E-state index in [1.807, 2.05) is 6.20 Å². The number of benzene rings is 1. The average molecular weight is 583 g/mol. The molecule has 0 radical (unpaired) electrons. The third-order valence-electron chi connectivity index (χ3n) is 8.33. The maximum atomic E-state index is 13.5. The second-order valence-electron chi connectivity index (χ2n) is 11.3. The molecule has 0 saturated heterocycles. The van der Waals surface area contributed by atoms with Crippen molar-refractivity contribution in [3.63, 3.8) is 0 Å². The lowest BCUT2D eigenvalue weighted by molar-refractivity contribution is -0.122. The van der Waals surface area contributed by atoms with E-state index < -0.39 is 10.0 Å². The van der Waals surface area contributed by atoms with E-state index in [0.29, 0.717) is 34.7 Å². The van der Waals surface area contributed by atoms with Crippen LogP contribution in [-0.4, -0.2) is 48.7 Å². The molecule has 0 atom stereocenters. The number of rotatable bonds is 8. The number of amides is 1. The number of pyridine rings is 1. The molecule has 2 fully saturated rings. The van der Waals surface area contributed by atoms with Crippen molar-refractivity contribution in [3.8, 4) is 17.5 Å². The summed E-state index contributed by atoms with van der Waals surface area (Å²) >= 11 is 0. The van der Waals surface area contributed by atoms with Crippen LogP contribution in [0, 0.1) is 17.2 Å². The van der Waals surface area contributed by atoms with Crippen molar-refractivity contribution in [1.82, 2.24) is 33.6 Å². The number of fused-ring (bicyclic) bond motifs is 3. The number of aromatic nitrogens is 6. The van der Waals surface area contributed by atoms with Gasteiger partial charge in [0.25, 0.3) is 10.0 Å². The normalized spacial score (nSPS) is 19.2. The standard InChI is InChI=1S/C30H30N8O3S/c31-14-12-20-6-10-23(11-7-20)38-28-25-13-15-37(42(40,41)24-4-2-1-3-5-24)30(25)32-17-26(28)35-29(38)21-16-33-36(18-21)19-27(39)34-22-8-9-22/h1-5,13,15-18,20,22-23H,6-12,19H2,(H,34,39)/t20-,23-. The minimum absolute atomic E-state index is 0.0664. The van der Waals surface area contributed by atoms with Crippen LogP contribution < -0.4 is 5.32 Å². The minimum atomic E-state index is -3.86. The van der Waals surface area contributed by atoms with Gasteiger partial charge in [-0.1, -0.05) is 18.2 Å². The van der Waals surface area contributed by atoms with Gasteiger partial charge in [-0.3, -0.25) is 9.48 Å². The molecule has 2 saturated carbocycles. The van der Waals surface area contributed by atoms with E-state index in [9.17, 15) is 18.5 Å². The minimum Gasteiger partial charge on any atom is -0.352 e. The maximum absolute atomic E-state index is 13.5. The first kappa shape index (κ1) is 26.4. The monoisotopic (exact) mass is 582 g/mol.